The molecule has 0 aromatic heterocycles. The molecule has 1 fully saturated rings. The number of sulfonamides is 1. The van der Waals surface area contributed by atoms with Crippen molar-refractivity contribution in [3.05, 3.63) is 65.5 Å². The van der Waals surface area contributed by atoms with Crippen molar-refractivity contribution in [1.82, 2.24) is 10.6 Å². The van der Waals surface area contributed by atoms with E-state index in [-0.39, 0.29) is 5.56 Å². The van der Waals surface area contributed by atoms with Gasteiger partial charge in [0.1, 0.15) is 11.6 Å². The standard InChI is InChI=1S/C20H24FN3O4S/c1-28-17-8-3-2-7-16(17)18(25)24-19(29(22,26)27)20(9-11-23-12-10-20)14-5-4-6-15(21)13-14/h2-8,13,19,23H,9-12H2,1H3,(H,24,25)(H2,22,26,27). The zero-order chi connectivity index (χ0) is 21.1. The van der Waals surface area contributed by atoms with E-state index in [2.05, 4.69) is 10.6 Å². The van der Waals surface area contributed by atoms with Crippen molar-refractivity contribution in [3.63, 3.8) is 0 Å². The molecule has 1 saturated heterocycles. The van der Waals surface area contributed by atoms with Crippen molar-refractivity contribution in [2.45, 2.75) is 23.6 Å². The average molecular weight is 421 g/mol. The normalized spacial score (nSPS) is 17.3. The first-order valence-corrected chi connectivity index (χ1v) is 10.8. The average Bonchev–Trinajstić information content (AvgIpc) is 2.71. The Hall–Kier alpha value is -2.49. The summed E-state index contributed by atoms with van der Waals surface area (Å²) in [4.78, 5) is 13.0. The van der Waals surface area contributed by atoms with Gasteiger partial charge in [0.25, 0.3) is 5.91 Å². The highest BCUT2D eigenvalue weighted by atomic mass is 32.2. The Morgan fingerprint density at radius 1 is 1.21 bits per heavy atom. The summed E-state index contributed by atoms with van der Waals surface area (Å²) >= 11 is 0. The molecular formula is C20H24FN3O4S. The smallest absolute Gasteiger partial charge is 0.256 e. The van der Waals surface area contributed by atoms with Crippen LogP contribution < -0.4 is 20.5 Å². The molecule has 29 heavy (non-hydrogen) atoms. The lowest BCUT2D eigenvalue weighted by atomic mass is 9.72. The first-order valence-electron chi connectivity index (χ1n) is 9.20. The Kier molecular flexibility index (Phi) is 6.21. The fourth-order valence-corrected chi connectivity index (χ4v) is 5.21. The van der Waals surface area contributed by atoms with Gasteiger partial charge in [0.2, 0.25) is 10.0 Å². The van der Waals surface area contributed by atoms with Crippen LogP contribution in [0.2, 0.25) is 0 Å². The van der Waals surface area contributed by atoms with Crippen LogP contribution in [0.4, 0.5) is 4.39 Å². The van der Waals surface area contributed by atoms with Crippen LogP contribution in [0.5, 0.6) is 5.75 Å². The van der Waals surface area contributed by atoms with E-state index in [0.717, 1.165) is 0 Å². The number of piperidine rings is 1. The number of hydrogen-bond acceptors (Lipinski definition) is 5. The molecule has 7 nitrogen and oxygen atoms in total. The first-order chi connectivity index (χ1) is 13.8. The number of para-hydroxylation sites is 1. The number of hydrogen-bond donors (Lipinski definition) is 3. The van der Waals surface area contributed by atoms with Crippen LogP contribution in [0, 0.1) is 5.82 Å². The number of carbonyl (C=O) groups is 1. The van der Waals surface area contributed by atoms with Crippen LogP contribution in [0.15, 0.2) is 48.5 Å². The molecule has 9 heteroatoms. The largest absolute Gasteiger partial charge is 0.496 e. The third kappa shape index (κ3) is 4.42. The summed E-state index contributed by atoms with van der Waals surface area (Å²) in [5.74, 6) is -0.802. The lowest BCUT2D eigenvalue weighted by Gasteiger charge is -2.43. The molecule has 1 atom stereocenters. The van der Waals surface area contributed by atoms with Gasteiger partial charge in [0.15, 0.2) is 5.37 Å². The molecule has 4 N–H and O–H groups in total. The molecule has 0 bridgehead atoms. The topological polar surface area (TPSA) is 111 Å². The first kappa shape index (κ1) is 21.2. The number of methoxy groups -OCH3 is 1. The van der Waals surface area contributed by atoms with Gasteiger partial charge in [-0.3, -0.25) is 4.79 Å². The summed E-state index contributed by atoms with van der Waals surface area (Å²) in [7, 11) is -2.81. The number of halogens is 1. The zero-order valence-electron chi connectivity index (χ0n) is 16.0. The lowest BCUT2D eigenvalue weighted by molar-refractivity contribution is 0.0922. The van der Waals surface area contributed by atoms with Crippen LogP contribution in [-0.4, -0.2) is 39.9 Å². The van der Waals surface area contributed by atoms with Crippen LogP contribution >= 0.6 is 0 Å². The van der Waals surface area contributed by atoms with E-state index in [1.54, 1.807) is 24.3 Å². The molecular weight excluding hydrogens is 397 g/mol. The van der Waals surface area contributed by atoms with E-state index in [0.29, 0.717) is 37.2 Å². The summed E-state index contributed by atoms with van der Waals surface area (Å²) in [5.41, 5.74) is -0.399. The maximum Gasteiger partial charge on any atom is 0.256 e. The fourth-order valence-electron chi connectivity index (χ4n) is 3.94. The van der Waals surface area contributed by atoms with Crippen molar-refractivity contribution >= 4 is 15.9 Å². The highest BCUT2D eigenvalue weighted by molar-refractivity contribution is 7.89. The van der Waals surface area contributed by atoms with Crippen LogP contribution in [0.1, 0.15) is 28.8 Å². The number of benzene rings is 2. The Labute approximate surface area is 169 Å². The Morgan fingerprint density at radius 2 is 1.90 bits per heavy atom. The monoisotopic (exact) mass is 421 g/mol. The predicted octanol–water partition coefficient (Wildman–Crippen LogP) is 1.50. The van der Waals surface area contributed by atoms with E-state index >= 15 is 0 Å². The predicted molar refractivity (Wildman–Crippen MR) is 108 cm³/mol. The third-order valence-corrected chi connectivity index (χ3v) is 6.57. The molecule has 0 aliphatic carbocycles. The molecule has 2 aromatic rings. The maximum atomic E-state index is 14.0. The Bertz CT molecular complexity index is 991. The van der Waals surface area contributed by atoms with Crippen LogP contribution in [0.3, 0.4) is 0 Å². The molecule has 1 amide bonds. The Morgan fingerprint density at radius 3 is 2.52 bits per heavy atom. The molecule has 0 spiro atoms. The van der Waals surface area contributed by atoms with Crippen molar-refractivity contribution in [3.8, 4) is 5.75 Å². The summed E-state index contributed by atoms with van der Waals surface area (Å²) in [6.45, 7) is 1.01. The SMILES string of the molecule is COc1ccccc1C(=O)NC(C1(c2cccc(F)c2)CCNCC1)S(N)(=O)=O. The second-order valence-electron chi connectivity index (χ2n) is 7.06. The molecule has 3 rings (SSSR count). The highest BCUT2D eigenvalue weighted by Crippen LogP contribution is 2.39. The molecule has 1 heterocycles. The fraction of sp³-hybridized carbons (Fsp3) is 0.350. The van der Waals surface area contributed by atoms with Gasteiger partial charge in [-0.2, -0.15) is 0 Å². The quantitative estimate of drug-likeness (QED) is 0.655. The molecule has 0 radical (unpaired) electrons. The number of primary sulfonamides is 1. The van der Waals surface area contributed by atoms with E-state index in [1.165, 1.54) is 31.4 Å². The lowest BCUT2D eigenvalue weighted by Crippen LogP contribution is -2.60. The third-order valence-electron chi connectivity index (χ3n) is 5.34. The van der Waals surface area contributed by atoms with Crippen molar-refractivity contribution in [1.29, 1.82) is 0 Å². The van der Waals surface area contributed by atoms with Gasteiger partial charge < -0.3 is 15.4 Å². The molecule has 1 aliphatic rings. The van der Waals surface area contributed by atoms with E-state index < -0.39 is 32.5 Å². The number of rotatable bonds is 6. The number of carbonyl (C=O) groups excluding carboxylic acids is 1. The minimum absolute atomic E-state index is 0.187. The zero-order valence-corrected chi connectivity index (χ0v) is 16.8. The van der Waals surface area contributed by atoms with Crippen molar-refractivity contribution in [2.75, 3.05) is 20.2 Å². The minimum Gasteiger partial charge on any atom is -0.496 e. The minimum atomic E-state index is -4.23. The van der Waals surface area contributed by atoms with E-state index in [4.69, 9.17) is 9.88 Å². The molecule has 2 aromatic carbocycles. The summed E-state index contributed by atoms with van der Waals surface area (Å²) in [6, 6.07) is 12.3. The second-order valence-corrected chi connectivity index (χ2v) is 8.71. The van der Waals surface area contributed by atoms with Gasteiger partial charge in [-0.1, -0.05) is 24.3 Å². The number of nitrogens with one attached hydrogen (secondary N) is 2. The van der Waals surface area contributed by atoms with Crippen molar-refractivity contribution < 1.29 is 22.3 Å². The van der Waals surface area contributed by atoms with Crippen LogP contribution in [-0.2, 0) is 15.4 Å². The highest BCUT2D eigenvalue weighted by Gasteiger charge is 2.48. The van der Waals surface area contributed by atoms with Gasteiger partial charge in [-0.05, 0) is 55.8 Å². The molecule has 1 aliphatic heterocycles. The molecule has 1 unspecified atom stereocenters. The summed E-state index contributed by atoms with van der Waals surface area (Å²) < 4.78 is 44.4. The second kappa shape index (κ2) is 8.48. The number of nitrogens with two attached hydrogens (primary N) is 1. The molecule has 156 valence electrons. The Balaban J connectivity index is 2.07. The molecule has 0 saturated carbocycles. The maximum absolute atomic E-state index is 14.0. The van der Waals surface area contributed by atoms with Crippen molar-refractivity contribution in [2.24, 2.45) is 5.14 Å². The van der Waals surface area contributed by atoms with Gasteiger partial charge in [-0.15, -0.1) is 0 Å². The van der Waals surface area contributed by atoms with Crippen LogP contribution in [0.25, 0.3) is 0 Å². The van der Waals surface area contributed by atoms with Gasteiger partial charge in [-0.25, -0.2) is 17.9 Å². The van der Waals surface area contributed by atoms with Gasteiger partial charge in [0.05, 0.1) is 12.7 Å². The van der Waals surface area contributed by atoms with E-state index in [1.807, 2.05) is 0 Å². The van der Waals surface area contributed by atoms with E-state index in [9.17, 15) is 17.6 Å². The number of amides is 1. The summed E-state index contributed by atoms with van der Waals surface area (Å²) in [5, 5.41) is 9.91. The number of ether oxygens (including phenoxy) is 1. The van der Waals surface area contributed by atoms with Gasteiger partial charge in [0, 0.05) is 5.41 Å². The summed E-state index contributed by atoms with van der Waals surface area (Å²) in [6.07, 6.45) is 0.730. The van der Waals surface area contributed by atoms with Gasteiger partial charge >= 0.3 is 0 Å².